The Morgan fingerprint density at radius 3 is 2.54 bits per heavy atom. The molecule has 7 heteroatoms. The molecule has 0 bridgehead atoms. The Hall–Kier alpha value is -1.79. The summed E-state index contributed by atoms with van der Waals surface area (Å²) in [7, 11) is 0. The van der Waals surface area contributed by atoms with Crippen molar-refractivity contribution >= 4 is 24.2 Å². The van der Waals surface area contributed by atoms with E-state index in [0.29, 0.717) is 11.2 Å². The van der Waals surface area contributed by atoms with Gasteiger partial charge < -0.3 is 20.3 Å². The smallest absolute Gasteiger partial charge is 0.258 e. The Morgan fingerprint density at radius 2 is 1.92 bits per heavy atom. The molecule has 2 saturated heterocycles. The fraction of sp³-hybridized carbons (Fsp3) is 0.579. The molecule has 2 heterocycles. The first-order valence-electron chi connectivity index (χ1n) is 9.05. The van der Waals surface area contributed by atoms with E-state index in [-0.39, 0.29) is 30.8 Å². The number of rotatable bonds is 5. The molecule has 2 fully saturated rings. The van der Waals surface area contributed by atoms with Gasteiger partial charge in [-0.3, -0.25) is 9.59 Å². The highest BCUT2D eigenvalue weighted by Gasteiger charge is 2.38. The van der Waals surface area contributed by atoms with E-state index in [2.05, 4.69) is 10.6 Å². The molecule has 1 spiro atoms. The van der Waals surface area contributed by atoms with Gasteiger partial charge in [0.15, 0.2) is 6.61 Å². The number of halogens is 1. The van der Waals surface area contributed by atoms with Gasteiger partial charge in [0.25, 0.3) is 5.91 Å². The summed E-state index contributed by atoms with van der Waals surface area (Å²) >= 11 is 0. The molecule has 26 heavy (non-hydrogen) atoms. The SMILES string of the molecule is CC(NC(=O)COc1ccccc1)C(=O)N1CCC2(CCNC2)CC1.Cl. The third-order valence-electron chi connectivity index (χ3n) is 5.33. The molecule has 2 aliphatic heterocycles. The van der Waals surface area contributed by atoms with Crippen LogP contribution in [0.5, 0.6) is 5.75 Å². The second kappa shape index (κ2) is 9.24. The summed E-state index contributed by atoms with van der Waals surface area (Å²) in [6.45, 7) is 5.36. The van der Waals surface area contributed by atoms with E-state index in [4.69, 9.17) is 4.74 Å². The van der Waals surface area contributed by atoms with Crippen molar-refractivity contribution in [3.8, 4) is 5.75 Å². The molecule has 2 N–H and O–H groups in total. The van der Waals surface area contributed by atoms with Crippen molar-refractivity contribution in [3.05, 3.63) is 30.3 Å². The van der Waals surface area contributed by atoms with E-state index >= 15 is 0 Å². The molecule has 1 aromatic carbocycles. The van der Waals surface area contributed by atoms with Crippen LogP contribution in [0.4, 0.5) is 0 Å². The fourth-order valence-corrected chi connectivity index (χ4v) is 3.71. The number of nitrogens with one attached hydrogen (secondary N) is 2. The highest BCUT2D eigenvalue weighted by molar-refractivity contribution is 5.88. The Kier molecular flexibility index (Phi) is 7.29. The lowest BCUT2D eigenvalue weighted by molar-refractivity contribution is -0.138. The molecule has 3 rings (SSSR count). The average molecular weight is 382 g/mol. The van der Waals surface area contributed by atoms with Crippen LogP contribution in [0.15, 0.2) is 30.3 Å². The largest absolute Gasteiger partial charge is 0.484 e. The standard InChI is InChI=1S/C19H27N3O3.ClH/c1-15(21-17(23)13-25-16-5-3-2-4-6-16)18(24)22-11-8-19(9-12-22)7-10-20-14-19;/h2-6,15,20H,7-14H2,1H3,(H,21,23);1H. The molecule has 0 aromatic heterocycles. The first-order chi connectivity index (χ1) is 12.1. The van der Waals surface area contributed by atoms with Crippen molar-refractivity contribution < 1.29 is 14.3 Å². The number of carbonyl (C=O) groups excluding carboxylic acids is 2. The number of hydrogen-bond acceptors (Lipinski definition) is 4. The lowest BCUT2D eigenvalue weighted by atomic mass is 9.78. The van der Waals surface area contributed by atoms with Gasteiger partial charge in [0.1, 0.15) is 11.8 Å². The van der Waals surface area contributed by atoms with E-state index in [0.717, 1.165) is 39.0 Å². The lowest BCUT2D eigenvalue weighted by Crippen LogP contribution is -2.51. The molecule has 1 aromatic rings. The first kappa shape index (κ1) is 20.5. The van der Waals surface area contributed by atoms with E-state index in [9.17, 15) is 9.59 Å². The summed E-state index contributed by atoms with van der Waals surface area (Å²) in [4.78, 5) is 26.5. The van der Waals surface area contributed by atoms with E-state index in [1.807, 2.05) is 23.1 Å². The molecule has 1 unspecified atom stereocenters. The number of nitrogens with zero attached hydrogens (tertiary/aromatic N) is 1. The number of hydrogen-bond donors (Lipinski definition) is 2. The molecule has 144 valence electrons. The minimum absolute atomic E-state index is 0. The molecule has 0 saturated carbocycles. The molecule has 0 radical (unpaired) electrons. The van der Waals surface area contributed by atoms with Gasteiger partial charge in [-0.15, -0.1) is 12.4 Å². The van der Waals surface area contributed by atoms with Crippen LogP contribution >= 0.6 is 12.4 Å². The Bertz CT molecular complexity index is 595. The second-order valence-electron chi connectivity index (χ2n) is 7.14. The van der Waals surface area contributed by atoms with Gasteiger partial charge in [0.2, 0.25) is 5.91 Å². The Balaban J connectivity index is 0.00000243. The first-order valence-corrected chi connectivity index (χ1v) is 9.05. The minimum Gasteiger partial charge on any atom is -0.484 e. The van der Waals surface area contributed by atoms with Crippen LogP contribution < -0.4 is 15.4 Å². The fourth-order valence-electron chi connectivity index (χ4n) is 3.71. The summed E-state index contributed by atoms with van der Waals surface area (Å²) in [5, 5.41) is 6.17. The summed E-state index contributed by atoms with van der Waals surface area (Å²) in [6, 6.07) is 8.65. The van der Waals surface area contributed by atoms with Crippen molar-refractivity contribution in [3.63, 3.8) is 0 Å². The number of benzene rings is 1. The van der Waals surface area contributed by atoms with Crippen LogP contribution in [-0.4, -0.2) is 55.5 Å². The molecular formula is C19H28ClN3O3. The minimum atomic E-state index is -0.525. The maximum Gasteiger partial charge on any atom is 0.258 e. The maximum absolute atomic E-state index is 12.6. The molecule has 0 aliphatic carbocycles. The zero-order chi connectivity index (χ0) is 17.7. The van der Waals surface area contributed by atoms with Crippen LogP contribution in [0.3, 0.4) is 0 Å². The zero-order valence-corrected chi connectivity index (χ0v) is 16.0. The van der Waals surface area contributed by atoms with E-state index in [1.165, 1.54) is 6.42 Å². The van der Waals surface area contributed by atoms with Crippen molar-refractivity contribution in [2.24, 2.45) is 5.41 Å². The van der Waals surface area contributed by atoms with Gasteiger partial charge in [-0.25, -0.2) is 0 Å². The summed E-state index contributed by atoms with van der Waals surface area (Å²) in [6.07, 6.45) is 3.30. The predicted octanol–water partition coefficient (Wildman–Crippen LogP) is 1.59. The van der Waals surface area contributed by atoms with Crippen LogP contribution in [-0.2, 0) is 9.59 Å². The van der Waals surface area contributed by atoms with Crippen molar-refractivity contribution in [1.29, 1.82) is 0 Å². The van der Waals surface area contributed by atoms with Gasteiger partial charge in [0, 0.05) is 19.6 Å². The topological polar surface area (TPSA) is 70.7 Å². The quantitative estimate of drug-likeness (QED) is 0.812. The van der Waals surface area contributed by atoms with Crippen LogP contribution in [0.1, 0.15) is 26.2 Å². The zero-order valence-electron chi connectivity index (χ0n) is 15.2. The molecule has 2 aliphatic rings. The predicted molar refractivity (Wildman–Crippen MR) is 103 cm³/mol. The number of carbonyl (C=O) groups is 2. The number of ether oxygens (including phenoxy) is 1. The van der Waals surface area contributed by atoms with Crippen molar-refractivity contribution in [2.45, 2.75) is 32.2 Å². The van der Waals surface area contributed by atoms with Gasteiger partial charge in [-0.1, -0.05) is 18.2 Å². The second-order valence-corrected chi connectivity index (χ2v) is 7.14. The normalized spacial score (nSPS) is 19.5. The van der Waals surface area contributed by atoms with E-state index < -0.39 is 6.04 Å². The Labute approximate surface area is 161 Å². The monoisotopic (exact) mass is 381 g/mol. The molecule has 6 nitrogen and oxygen atoms in total. The molecule has 1 atom stereocenters. The number of likely N-dealkylation sites (tertiary alicyclic amines) is 1. The summed E-state index contributed by atoms with van der Waals surface area (Å²) < 4.78 is 5.41. The van der Waals surface area contributed by atoms with Gasteiger partial charge in [-0.05, 0) is 50.3 Å². The number of amides is 2. The van der Waals surface area contributed by atoms with Gasteiger partial charge in [0.05, 0.1) is 0 Å². The maximum atomic E-state index is 12.6. The van der Waals surface area contributed by atoms with Crippen LogP contribution in [0.25, 0.3) is 0 Å². The summed E-state index contributed by atoms with van der Waals surface area (Å²) in [5.41, 5.74) is 0.382. The van der Waals surface area contributed by atoms with Gasteiger partial charge >= 0.3 is 0 Å². The van der Waals surface area contributed by atoms with Crippen LogP contribution in [0, 0.1) is 5.41 Å². The molecule has 2 amide bonds. The van der Waals surface area contributed by atoms with Crippen molar-refractivity contribution in [1.82, 2.24) is 15.5 Å². The number of piperidine rings is 1. The Morgan fingerprint density at radius 1 is 1.23 bits per heavy atom. The number of para-hydroxylation sites is 1. The highest BCUT2D eigenvalue weighted by Crippen LogP contribution is 2.36. The molecular weight excluding hydrogens is 354 g/mol. The third-order valence-corrected chi connectivity index (χ3v) is 5.33. The van der Waals surface area contributed by atoms with E-state index in [1.54, 1.807) is 19.1 Å². The average Bonchev–Trinajstić information content (AvgIpc) is 3.09. The summed E-state index contributed by atoms with van der Waals surface area (Å²) in [5.74, 6) is 0.357. The van der Waals surface area contributed by atoms with Crippen molar-refractivity contribution in [2.75, 3.05) is 32.8 Å². The van der Waals surface area contributed by atoms with Gasteiger partial charge in [-0.2, -0.15) is 0 Å². The van der Waals surface area contributed by atoms with Crippen LogP contribution in [0.2, 0.25) is 0 Å². The third kappa shape index (κ3) is 5.11. The lowest BCUT2D eigenvalue weighted by Gasteiger charge is -2.39. The highest BCUT2D eigenvalue weighted by atomic mass is 35.5.